The number of ether oxygens (including phenoxy) is 1. The molecule has 0 saturated carbocycles. The monoisotopic (exact) mass is 410 g/mol. The second kappa shape index (κ2) is 6.72. The van der Waals surface area contributed by atoms with Gasteiger partial charge in [0, 0.05) is 28.2 Å². The quantitative estimate of drug-likeness (QED) is 0.604. The third kappa shape index (κ3) is 2.97. The molecule has 3 aromatic rings. The summed E-state index contributed by atoms with van der Waals surface area (Å²) < 4.78 is 8.37. The Morgan fingerprint density at radius 1 is 1.15 bits per heavy atom. The van der Waals surface area contributed by atoms with Crippen molar-refractivity contribution in [3.05, 3.63) is 64.4 Å². The van der Waals surface area contributed by atoms with Crippen LogP contribution in [0.3, 0.4) is 0 Å². The summed E-state index contributed by atoms with van der Waals surface area (Å²) in [6.45, 7) is 2.13. The van der Waals surface area contributed by atoms with Gasteiger partial charge >= 0.3 is 0 Å². The summed E-state index contributed by atoms with van der Waals surface area (Å²) in [6.07, 6.45) is 3.28. The Balaban J connectivity index is 1.94. The van der Waals surface area contributed by atoms with Crippen molar-refractivity contribution in [3.8, 4) is 22.8 Å². The maximum Gasteiger partial charge on any atom is 0.213 e. The number of ketones is 1. The van der Waals surface area contributed by atoms with Gasteiger partial charge in [-0.2, -0.15) is 0 Å². The number of carbonyl (C=O) groups is 1. The van der Waals surface area contributed by atoms with Crippen LogP contribution in [0.5, 0.6) is 5.88 Å². The predicted octanol–water partition coefficient (Wildman–Crippen LogP) is 5.08. The van der Waals surface area contributed by atoms with E-state index in [1.54, 1.807) is 13.3 Å². The van der Waals surface area contributed by atoms with Crippen LogP contribution in [0, 0.1) is 5.92 Å². The van der Waals surface area contributed by atoms with Gasteiger partial charge in [-0.15, -0.1) is 0 Å². The number of Topliss-reactive ketones (excluding diaryl/α,β-unsaturated/α-hetero) is 1. The molecule has 0 unspecified atom stereocenters. The van der Waals surface area contributed by atoms with Gasteiger partial charge in [0.2, 0.25) is 5.88 Å². The summed E-state index contributed by atoms with van der Waals surface area (Å²) in [5, 5.41) is 0. The van der Waals surface area contributed by atoms with Crippen LogP contribution >= 0.6 is 15.9 Å². The van der Waals surface area contributed by atoms with Crippen molar-refractivity contribution < 1.29 is 9.53 Å². The van der Waals surface area contributed by atoms with Crippen molar-refractivity contribution in [3.63, 3.8) is 0 Å². The van der Waals surface area contributed by atoms with Crippen molar-refractivity contribution in [1.82, 2.24) is 9.55 Å². The van der Waals surface area contributed by atoms with Crippen molar-refractivity contribution in [2.75, 3.05) is 7.11 Å². The van der Waals surface area contributed by atoms with Gasteiger partial charge in [0.15, 0.2) is 5.78 Å². The lowest BCUT2D eigenvalue weighted by Crippen LogP contribution is -2.19. The molecule has 2 heterocycles. The van der Waals surface area contributed by atoms with Gasteiger partial charge in [0.05, 0.1) is 24.7 Å². The molecule has 0 N–H and O–H groups in total. The molecule has 1 atom stereocenters. The van der Waals surface area contributed by atoms with Crippen LogP contribution in [0.15, 0.2) is 53.1 Å². The van der Waals surface area contributed by atoms with E-state index in [9.17, 15) is 4.79 Å². The number of pyridine rings is 1. The van der Waals surface area contributed by atoms with Crippen LogP contribution in [0.4, 0.5) is 0 Å². The molecule has 4 rings (SSSR count). The molecular formula is C21H19BrN2O2. The number of carbonyl (C=O) groups excluding carboxylic acids is 1. The number of methoxy groups -OCH3 is 1. The summed E-state index contributed by atoms with van der Waals surface area (Å²) in [5.74, 6) is 1.13. The highest BCUT2D eigenvalue weighted by molar-refractivity contribution is 9.10. The maximum absolute atomic E-state index is 12.6. The first-order valence-corrected chi connectivity index (χ1v) is 9.40. The Morgan fingerprint density at radius 2 is 1.92 bits per heavy atom. The third-order valence-corrected chi connectivity index (χ3v) is 5.34. The molecule has 0 fully saturated rings. The number of nitrogens with zero attached hydrogens (tertiary/aromatic N) is 2. The molecule has 1 aliphatic rings. The van der Waals surface area contributed by atoms with Crippen LogP contribution in [0.1, 0.15) is 29.4 Å². The molecule has 0 radical (unpaired) electrons. The standard InChI is InChI=1S/C21H19BrN2O2/c1-13-9-19-17(20(25)10-13)11-18(14-3-5-15(22)6-4-14)24(19)16-7-8-21(26-2)23-12-16/h3-8,11-13H,9-10H2,1-2H3/t13-/m1/s1. The average molecular weight is 411 g/mol. The van der Waals surface area contributed by atoms with E-state index in [1.165, 1.54) is 0 Å². The third-order valence-electron chi connectivity index (χ3n) is 4.81. The summed E-state index contributed by atoms with van der Waals surface area (Å²) in [7, 11) is 1.60. The molecule has 0 bridgehead atoms. The Morgan fingerprint density at radius 3 is 2.58 bits per heavy atom. The topological polar surface area (TPSA) is 44.1 Å². The Labute approximate surface area is 161 Å². The maximum atomic E-state index is 12.6. The van der Waals surface area contributed by atoms with Gasteiger partial charge < -0.3 is 9.30 Å². The number of halogens is 1. The SMILES string of the molecule is COc1ccc(-n2c(-c3ccc(Br)cc3)cc3c2C[C@@H](C)CC3=O)cn1. The number of hydrogen-bond donors (Lipinski definition) is 0. The van der Waals surface area contributed by atoms with E-state index < -0.39 is 0 Å². The predicted molar refractivity (Wildman–Crippen MR) is 105 cm³/mol. The van der Waals surface area contributed by atoms with Crippen LogP contribution in [0.2, 0.25) is 0 Å². The number of benzene rings is 1. The van der Waals surface area contributed by atoms with E-state index >= 15 is 0 Å². The smallest absolute Gasteiger partial charge is 0.213 e. The molecule has 4 nitrogen and oxygen atoms in total. The van der Waals surface area contributed by atoms with Gasteiger partial charge in [0.25, 0.3) is 0 Å². The first kappa shape index (κ1) is 17.0. The van der Waals surface area contributed by atoms with Crippen molar-refractivity contribution in [1.29, 1.82) is 0 Å². The second-order valence-corrected chi connectivity index (χ2v) is 7.64. The fourth-order valence-corrected chi connectivity index (χ4v) is 3.84. The summed E-state index contributed by atoms with van der Waals surface area (Å²) in [5.41, 5.74) is 4.91. The first-order chi connectivity index (χ1) is 12.6. The van der Waals surface area contributed by atoms with Gasteiger partial charge in [-0.25, -0.2) is 4.98 Å². The zero-order chi connectivity index (χ0) is 18.3. The van der Waals surface area contributed by atoms with E-state index in [0.717, 1.165) is 39.1 Å². The highest BCUT2D eigenvalue weighted by Crippen LogP contribution is 2.35. The molecule has 5 heteroatoms. The van der Waals surface area contributed by atoms with Crippen molar-refractivity contribution in [2.24, 2.45) is 5.92 Å². The number of hydrogen-bond acceptors (Lipinski definition) is 3. The minimum absolute atomic E-state index is 0.220. The molecule has 0 amide bonds. The first-order valence-electron chi connectivity index (χ1n) is 8.61. The number of rotatable bonds is 3. The van der Waals surface area contributed by atoms with Gasteiger partial charge in [-0.05, 0) is 42.2 Å². The second-order valence-electron chi connectivity index (χ2n) is 6.73. The average Bonchev–Trinajstić information content (AvgIpc) is 3.02. The van der Waals surface area contributed by atoms with Crippen molar-refractivity contribution >= 4 is 21.7 Å². The van der Waals surface area contributed by atoms with Crippen LogP contribution < -0.4 is 4.74 Å². The van der Waals surface area contributed by atoms with E-state index in [1.807, 2.05) is 30.3 Å². The minimum Gasteiger partial charge on any atom is -0.481 e. The van der Waals surface area contributed by atoms with Gasteiger partial charge in [-0.3, -0.25) is 4.79 Å². The van der Waals surface area contributed by atoms with E-state index in [2.05, 4.69) is 44.5 Å². The number of fused-ring (bicyclic) bond motifs is 1. The Bertz CT molecular complexity index is 959. The molecular weight excluding hydrogens is 392 g/mol. The molecule has 132 valence electrons. The lowest BCUT2D eigenvalue weighted by atomic mass is 9.88. The van der Waals surface area contributed by atoms with E-state index in [0.29, 0.717) is 18.2 Å². The molecule has 0 spiro atoms. The van der Waals surface area contributed by atoms with E-state index in [-0.39, 0.29) is 5.78 Å². The van der Waals surface area contributed by atoms with Crippen LogP contribution in [-0.4, -0.2) is 22.4 Å². The highest BCUT2D eigenvalue weighted by atomic mass is 79.9. The minimum atomic E-state index is 0.220. The number of aromatic nitrogens is 2. The fourth-order valence-electron chi connectivity index (χ4n) is 3.58. The molecule has 0 aliphatic heterocycles. The van der Waals surface area contributed by atoms with Crippen LogP contribution in [-0.2, 0) is 6.42 Å². The normalized spacial score (nSPS) is 16.4. The van der Waals surface area contributed by atoms with Crippen molar-refractivity contribution in [2.45, 2.75) is 19.8 Å². The zero-order valence-electron chi connectivity index (χ0n) is 14.7. The fraction of sp³-hybridized carbons (Fsp3) is 0.238. The molecule has 2 aromatic heterocycles. The zero-order valence-corrected chi connectivity index (χ0v) is 16.3. The highest BCUT2D eigenvalue weighted by Gasteiger charge is 2.28. The lowest BCUT2D eigenvalue weighted by Gasteiger charge is -2.21. The Kier molecular flexibility index (Phi) is 4.41. The molecule has 26 heavy (non-hydrogen) atoms. The van der Waals surface area contributed by atoms with Gasteiger partial charge in [-0.1, -0.05) is 35.0 Å². The van der Waals surface area contributed by atoms with Crippen LogP contribution in [0.25, 0.3) is 16.9 Å². The molecule has 0 saturated heterocycles. The lowest BCUT2D eigenvalue weighted by molar-refractivity contribution is 0.0952. The van der Waals surface area contributed by atoms with E-state index in [4.69, 9.17) is 4.74 Å². The molecule has 1 aliphatic carbocycles. The van der Waals surface area contributed by atoms with Gasteiger partial charge in [0.1, 0.15) is 0 Å². The Hall–Kier alpha value is -2.40. The largest absolute Gasteiger partial charge is 0.481 e. The summed E-state index contributed by atoms with van der Waals surface area (Å²) in [4.78, 5) is 17.0. The summed E-state index contributed by atoms with van der Waals surface area (Å²) >= 11 is 3.49. The summed E-state index contributed by atoms with van der Waals surface area (Å²) in [6, 6.07) is 14.0. The molecule has 1 aromatic carbocycles.